The van der Waals surface area contributed by atoms with Gasteiger partial charge in [-0.3, -0.25) is 19.2 Å². The minimum atomic E-state index is -1.91. The van der Waals surface area contributed by atoms with E-state index in [1.807, 2.05) is 0 Å². The van der Waals surface area contributed by atoms with Gasteiger partial charge in [0.2, 0.25) is 17.4 Å². The van der Waals surface area contributed by atoms with Crippen molar-refractivity contribution in [1.82, 2.24) is 0 Å². The first-order chi connectivity index (χ1) is 18.7. The average Bonchev–Trinajstić information content (AvgIpc) is 3.19. The first kappa shape index (κ1) is 30.3. The summed E-state index contributed by atoms with van der Waals surface area (Å²) in [7, 11) is 0. The minimum absolute atomic E-state index is 0.0221. The van der Waals surface area contributed by atoms with Crippen LogP contribution in [0.15, 0.2) is 30.4 Å². The number of halogens is 5. The van der Waals surface area contributed by atoms with Gasteiger partial charge in [0, 0.05) is 24.6 Å². The highest BCUT2D eigenvalue weighted by Gasteiger charge is 2.30. The average molecular weight is 569 g/mol. The number of anilines is 1. The highest BCUT2D eigenvalue weighted by atomic mass is 19.2. The molecule has 0 fully saturated rings. The maximum atomic E-state index is 15.5. The molecule has 2 amide bonds. The standard InChI is InChI=1S/C27H24F5NO7/c1-27(2,3)40-21(37)5-4-12-38-25-14(6-8-17(24(25)32)33-18(34)9-10-19(33)35)7-11-20(36)39-26-22(30)15(28)13-16(29)23(26)31/h6,8-10,13H,4-5,7,11-12H2,1-3H3. The highest BCUT2D eigenvalue weighted by Crippen LogP contribution is 2.34. The van der Waals surface area contributed by atoms with E-state index in [1.54, 1.807) is 20.8 Å². The first-order valence-corrected chi connectivity index (χ1v) is 12.0. The number of benzene rings is 2. The molecule has 0 saturated carbocycles. The van der Waals surface area contributed by atoms with Gasteiger partial charge in [0.05, 0.1) is 18.7 Å². The molecular weight excluding hydrogens is 545 g/mol. The van der Waals surface area contributed by atoms with Gasteiger partial charge in [0.25, 0.3) is 11.8 Å². The van der Waals surface area contributed by atoms with E-state index in [2.05, 4.69) is 4.74 Å². The zero-order chi connectivity index (χ0) is 29.8. The minimum Gasteiger partial charge on any atom is -0.490 e. The molecule has 0 N–H and O–H groups in total. The SMILES string of the molecule is CC(C)(C)OC(=O)CCCOc1c(CCC(=O)Oc2c(F)c(F)cc(F)c2F)ccc(N2C(=O)C=CC2=O)c1F. The van der Waals surface area contributed by atoms with Gasteiger partial charge in [-0.1, -0.05) is 6.07 Å². The quantitative estimate of drug-likeness (QED) is 0.101. The lowest BCUT2D eigenvalue weighted by molar-refractivity contribution is -0.155. The Morgan fingerprint density at radius 1 is 0.825 bits per heavy atom. The summed E-state index contributed by atoms with van der Waals surface area (Å²) in [6.45, 7) is 4.84. The summed E-state index contributed by atoms with van der Waals surface area (Å²) in [4.78, 5) is 48.8. The Balaban J connectivity index is 1.78. The van der Waals surface area contributed by atoms with Crippen LogP contribution in [0.4, 0.5) is 27.6 Å². The molecule has 0 aromatic heterocycles. The van der Waals surface area contributed by atoms with Crippen LogP contribution in [0.3, 0.4) is 0 Å². The summed E-state index contributed by atoms with van der Waals surface area (Å²) in [6.07, 6.45) is 0.911. The predicted octanol–water partition coefficient (Wildman–Crippen LogP) is 4.85. The van der Waals surface area contributed by atoms with Crippen LogP contribution in [0, 0.1) is 29.1 Å². The van der Waals surface area contributed by atoms with E-state index in [1.165, 1.54) is 6.07 Å². The number of ether oxygens (including phenoxy) is 3. The van der Waals surface area contributed by atoms with Crippen LogP contribution in [0.5, 0.6) is 11.5 Å². The van der Waals surface area contributed by atoms with E-state index in [-0.39, 0.29) is 37.5 Å². The van der Waals surface area contributed by atoms with Crippen LogP contribution < -0.4 is 14.4 Å². The molecule has 40 heavy (non-hydrogen) atoms. The van der Waals surface area contributed by atoms with Crippen molar-refractivity contribution in [1.29, 1.82) is 0 Å². The lowest BCUT2D eigenvalue weighted by Gasteiger charge is -2.20. The Kier molecular flexibility index (Phi) is 9.28. The van der Waals surface area contributed by atoms with Crippen molar-refractivity contribution < 1.29 is 55.3 Å². The number of hydrogen-bond acceptors (Lipinski definition) is 7. The Bertz CT molecular complexity index is 1340. The Labute approximate surface area is 225 Å². The fourth-order valence-corrected chi connectivity index (χ4v) is 3.57. The number of aryl methyl sites for hydroxylation is 1. The molecule has 1 aliphatic heterocycles. The second-order valence-electron chi connectivity index (χ2n) is 9.54. The molecule has 1 heterocycles. The second kappa shape index (κ2) is 12.3. The number of amides is 2. The number of carbonyl (C=O) groups excluding carboxylic acids is 4. The Hall–Kier alpha value is -4.29. The molecule has 0 atom stereocenters. The fourth-order valence-electron chi connectivity index (χ4n) is 3.57. The molecule has 3 rings (SSSR count). The molecule has 0 saturated heterocycles. The van der Waals surface area contributed by atoms with Crippen LogP contribution in [0.1, 0.15) is 45.6 Å². The molecule has 0 radical (unpaired) electrons. The number of nitrogens with zero attached hydrogens (tertiary/aromatic N) is 1. The van der Waals surface area contributed by atoms with Crippen LogP contribution in [0.2, 0.25) is 0 Å². The number of imide groups is 1. The van der Waals surface area contributed by atoms with Crippen LogP contribution in [-0.4, -0.2) is 36.0 Å². The Morgan fingerprint density at radius 3 is 2.00 bits per heavy atom. The Morgan fingerprint density at radius 2 is 1.43 bits per heavy atom. The summed E-state index contributed by atoms with van der Waals surface area (Å²) in [5.74, 6) is -14.0. The van der Waals surface area contributed by atoms with E-state index in [0.29, 0.717) is 4.90 Å². The summed E-state index contributed by atoms with van der Waals surface area (Å²) in [6, 6.07) is 2.29. The molecule has 0 spiro atoms. The van der Waals surface area contributed by atoms with Gasteiger partial charge >= 0.3 is 11.9 Å². The van der Waals surface area contributed by atoms with Crippen molar-refractivity contribution in [3.8, 4) is 11.5 Å². The van der Waals surface area contributed by atoms with Crippen LogP contribution in [-0.2, 0) is 30.3 Å². The maximum Gasteiger partial charge on any atom is 0.311 e. The molecule has 13 heteroatoms. The molecule has 0 aliphatic carbocycles. The van der Waals surface area contributed by atoms with Crippen molar-refractivity contribution in [3.63, 3.8) is 0 Å². The van der Waals surface area contributed by atoms with E-state index in [9.17, 15) is 36.7 Å². The monoisotopic (exact) mass is 569 g/mol. The third-order valence-corrected chi connectivity index (χ3v) is 5.29. The largest absolute Gasteiger partial charge is 0.490 e. The third-order valence-electron chi connectivity index (χ3n) is 5.29. The van der Waals surface area contributed by atoms with Crippen LogP contribution >= 0.6 is 0 Å². The van der Waals surface area contributed by atoms with Gasteiger partial charge in [0.1, 0.15) is 5.60 Å². The number of esters is 2. The second-order valence-corrected chi connectivity index (χ2v) is 9.54. The van der Waals surface area contributed by atoms with Gasteiger partial charge in [0.15, 0.2) is 23.2 Å². The van der Waals surface area contributed by atoms with Crippen molar-refractivity contribution in [2.75, 3.05) is 11.5 Å². The van der Waals surface area contributed by atoms with Crippen LogP contribution in [0.25, 0.3) is 0 Å². The van der Waals surface area contributed by atoms with Gasteiger partial charge in [-0.25, -0.2) is 18.1 Å². The molecule has 0 bridgehead atoms. The zero-order valence-corrected chi connectivity index (χ0v) is 21.6. The molecular formula is C27H24F5NO7. The van der Waals surface area contributed by atoms with E-state index < -0.39 is 82.0 Å². The van der Waals surface area contributed by atoms with E-state index >= 15 is 4.39 Å². The lowest BCUT2D eigenvalue weighted by Crippen LogP contribution is -2.30. The topological polar surface area (TPSA) is 99.2 Å². The van der Waals surface area contributed by atoms with E-state index in [0.717, 1.165) is 18.2 Å². The smallest absolute Gasteiger partial charge is 0.311 e. The highest BCUT2D eigenvalue weighted by molar-refractivity contribution is 6.28. The number of carbonyl (C=O) groups is 4. The summed E-state index contributed by atoms with van der Waals surface area (Å²) >= 11 is 0. The molecule has 214 valence electrons. The third kappa shape index (κ3) is 7.21. The van der Waals surface area contributed by atoms with Crippen molar-refractivity contribution in [2.24, 2.45) is 0 Å². The number of hydrogen-bond donors (Lipinski definition) is 0. The summed E-state index contributed by atoms with van der Waals surface area (Å²) < 4.78 is 85.2. The molecule has 2 aromatic carbocycles. The van der Waals surface area contributed by atoms with Gasteiger partial charge in [-0.2, -0.15) is 8.78 Å². The molecule has 1 aliphatic rings. The fraction of sp³-hybridized carbons (Fsp3) is 0.333. The first-order valence-electron chi connectivity index (χ1n) is 12.0. The number of rotatable bonds is 10. The maximum absolute atomic E-state index is 15.5. The van der Waals surface area contributed by atoms with Gasteiger partial charge in [-0.15, -0.1) is 0 Å². The molecule has 0 unspecified atom stereocenters. The zero-order valence-electron chi connectivity index (χ0n) is 21.6. The summed E-state index contributed by atoms with van der Waals surface area (Å²) in [5.41, 5.74) is -1.13. The van der Waals surface area contributed by atoms with Crippen molar-refractivity contribution in [3.05, 3.63) is 65.0 Å². The molecule has 8 nitrogen and oxygen atoms in total. The van der Waals surface area contributed by atoms with Crippen molar-refractivity contribution in [2.45, 2.75) is 52.1 Å². The molecule has 2 aromatic rings. The van der Waals surface area contributed by atoms with Gasteiger partial charge in [-0.05, 0) is 45.2 Å². The normalized spacial score (nSPS) is 13.2. The summed E-state index contributed by atoms with van der Waals surface area (Å²) in [5, 5.41) is 0. The lowest BCUT2D eigenvalue weighted by atomic mass is 10.1. The van der Waals surface area contributed by atoms with E-state index in [4.69, 9.17) is 9.47 Å². The van der Waals surface area contributed by atoms with Crippen molar-refractivity contribution >= 4 is 29.4 Å². The predicted molar refractivity (Wildman–Crippen MR) is 129 cm³/mol. The van der Waals surface area contributed by atoms with Gasteiger partial charge < -0.3 is 14.2 Å².